The Hall–Kier alpha value is -1.62. The van der Waals surface area contributed by atoms with E-state index < -0.39 is 17.8 Å². The van der Waals surface area contributed by atoms with Gasteiger partial charge in [0.15, 0.2) is 5.82 Å². The van der Waals surface area contributed by atoms with Crippen LogP contribution in [0.25, 0.3) is 0 Å². The molecule has 1 amide bonds. The highest BCUT2D eigenvalue weighted by atomic mass is 35.5. The molecule has 1 aromatic rings. The number of rotatable bonds is 15. The van der Waals surface area contributed by atoms with Crippen molar-refractivity contribution in [3.05, 3.63) is 34.6 Å². The van der Waals surface area contributed by atoms with Crippen LogP contribution < -0.4 is 0 Å². The maximum Gasteiger partial charge on any atom is 0.328 e. The summed E-state index contributed by atoms with van der Waals surface area (Å²) in [4.78, 5) is 26.7. The number of nitrogens with zero attached hydrogens (tertiary/aromatic N) is 1. The van der Waals surface area contributed by atoms with Gasteiger partial charge in [0.2, 0.25) is 0 Å². The number of likely N-dealkylation sites (tertiary alicyclic amines) is 1. The van der Waals surface area contributed by atoms with Gasteiger partial charge in [0.05, 0.1) is 17.2 Å². The summed E-state index contributed by atoms with van der Waals surface area (Å²) in [5.74, 6) is -1.63. The lowest BCUT2D eigenvalue weighted by molar-refractivity contribution is -0.148. The Morgan fingerprint density at radius 3 is 2.22 bits per heavy atom. The van der Waals surface area contributed by atoms with Crippen LogP contribution in [0.2, 0.25) is 5.02 Å². The van der Waals surface area contributed by atoms with E-state index in [0.29, 0.717) is 26.0 Å². The number of amides is 1. The number of ether oxygens (including phenoxy) is 1. The minimum Gasteiger partial charge on any atom is -0.464 e. The van der Waals surface area contributed by atoms with E-state index in [1.165, 1.54) is 80.9 Å². The summed E-state index contributed by atoms with van der Waals surface area (Å²) in [7, 11) is 0. The molecule has 2 rings (SSSR count). The summed E-state index contributed by atoms with van der Waals surface area (Å²) in [5, 5.41) is -0.0962. The topological polar surface area (TPSA) is 46.6 Å². The van der Waals surface area contributed by atoms with Crippen molar-refractivity contribution in [3.8, 4) is 0 Å². The largest absolute Gasteiger partial charge is 0.464 e. The first-order chi connectivity index (χ1) is 15.6. The lowest BCUT2D eigenvalue weighted by atomic mass is 10.1. The van der Waals surface area contributed by atoms with Crippen molar-refractivity contribution in [1.29, 1.82) is 0 Å². The molecule has 1 fully saturated rings. The van der Waals surface area contributed by atoms with Crippen molar-refractivity contribution >= 4 is 23.5 Å². The second-order valence-electron chi connectivity index (χ2n) is 8.81. The third-order valence-electron chi connectivity index (χ3n) is 6.21. The number of carbonyl (C=O) groups excluding carboxylic acids is 2. The molecule has 1 aliphatic heterocycles. The van der Waals surface area contributed by atoms with Gasteiger partial charge in [-0.2, -0.15) is 0 Å². The Morgan fingerprint density at radius 1 is 1.00 bits per heavy atom. The van der Waals surface area contributed by atoms with E-state index in [1.54, 1.807) is 0 Å². The Labute approximate surface area is 197 Å². The van der Waals surface area contributed by atoms with Crippen LogP contribution in [-0.4, -0.2) is 36.0 Å². The number of unbranched alkanes of at least 4 members (excludes halogenated alkanes) is 11. The molecule has 1 aromatic carbocycles. The van der Waals surface area contributed by atoms with E-state index in [0.717, 1.165) is 19.3 Å². The zero-order valence-corrected chi connectivity index (χ0v) is 20.3. The molecule has 6 heteroatoms. The number of hydrogen-bond donors (Lipinski definition) is 0. The predicted molar refractivity (Wildman–Crippen MR) is 128 cm³/mol. The molecule has 1 unspecified atom stereocenters. The highest BCUT2D eigenvalue weighted by Crippen LogP contribution is 2.25. The van der Waals surface area contributed by atoms with Crippen LogP contribution in [0.1, 0.15) is 107 Å². The molecule has 0 radical (unpaired) electrons. The number of benzene rings is 1. The van der Waals surface area contributed by atoms with Gasteiger partial charge in [-0.15, -0.1) is 0 Å². The van der Waals surface area contributed by atoms with Crippen LogP contribution in [0, 0.1) is 5.82 Å². The fourth-order valence-corrected chi connectivity index (χ4v) is 4.47. The molecule has 1 heterocycles. The summed E-state index contributed by atoms with van der Waals surface area (Å²) in [6.07, 6.45) is 16.2. The molecule has 0 aliphatic carbocycles. The van der Waals surface area contributed by atoms with E-state index >= 15 is 0 Å². The van der Waals surface area contributed by atoms with Crippen molar-refractivity contribution in [1.82, 2.24) is 4.90 Å². The van der Waals surface area contributed by atoms with Gasteiger partial charge in [0.1, 0.15) is 6.04 Å². The highest BCUT2D eigenvalue weighted by molar-refractivity contribution is 6.31. The van der Waals surface area contributed by atoms with Gasteiger partial charge in [-0.05, 0) is 31.4 Å². The first-order valence-electron chi connectivity index (χ1n) is 12.5. The third-order valence-corrected chi connectivity index (χ3v) is 6.50. The van der Waals surface area contributed by atoms with E-state index in [-0.39, 0.29) is 16.6 Å². The van der Waals surface area contributed by atoms with Crippen molar-refractivity contribution in [3.63, 3.8) is 0 Å². The van der Waals surface area contributed by atoms with E-state index in [2.05, 4.69) is 6.92 Å². The summed E-state index contributed by atoms with van der Waals surface area (Å²) in [5.41, 5.74) is -0.0989. The second-order valence-corrected chi connectivity index (χ2v) is 9.22. The van der Waals surface area contributed by atoms with Crippen molar-refractivity contribution < 1.29 is 18.7 Å². The first-order valence-corrected chi connectivity index (χ1v) is 12.9. The minimum atomic E-state index is -0.741. The molecule has 0 saturated carbocycles. The standard InChI is InChI=1S/C26H39ClFNO3/c1-2-3-4-5-6-7-8-9-10-11-12-13-20-32-26(31)23-18-15-19-29(23)25(30)21-16-14-17-22(27)24(21)28/h14,16-17,23H,2-13,15,18-20H2,1H3. The van der Waals surface area contributed by atoms with E-state index in [9.17, 15) is 14.0 Å². The van der Waals surface area contributed by atoms with Crippen molar-refractivity contribution in [2.24, 2.45) is 0 Å². The fourth-order valence-electron chi connectivity index (χ4n) is 4.29. The number of hydrogen-bond acceptors (Lipinski definition) is 3. The summed E-state index contributed by atoms with van der Waals surface area (Å²) in [6.45, 7) is 3.04. The highest BCUT2D eigenvalue weighted by Gasteiger charge is 2.36. The predicted octanol–water partition coefficient (Wildman–Crippen LogP) is 7.33. The summed E-state index contributed by atoms with van der Waals surface area (Å²) >= 11 is 5.79. The Bertz CT molecular complexity index is 712. The van der Waals surface area contributed by atoms with Crippen LogP contribution >= 0.6 is 11.6 Å². The van der Waals surface area contributed by atoms with Gasteiger partial charge in [0.25, 0.3) is 5.91 Å². The minimum absolute atomic E-state index is 0.0962. The molecule has 1 saturated heterocycles. The lowest BCUT2D eigenvalue weighted by Gasteiger charge is -2.23. The zero-order valence-electron chi connectivity index (χ0n) is 19.6. The molecule has 0 spiro atoms. The van der Waals surface area contributed by atoms with Gasteiger partial charge in [-0.1, -0.05) is 95.2 Å². The monoisotopic (exact) mass is 467 g/mol. The summed E-state index contributed by atoms with van der Waals surface area (Å²) < 4.78 is 19.7. The van der Waals surface area contributed by atoms with Crippen LogP contribution in [0.15, 0.2) is 18.2 Å². The third kappa shape index (κ3) is 8.73. The van der Waals surface area contributed by atoms with Crippen LogP contribution in [0.3, 0.4) is 0 Å². The number of carbonyl (C=O) groups is 2. The van der Waals surface area contributed by atoms with Crippen LogP contribution in [0.5, 0.6) is 0 Å². The zero-order chi connectivity index (χ0) is 23.2. The summed E-state index contributed by atoms with van der Waals surface area (Å²) in [6, 6.07) is 3.70. The second kappa shape index (κ2) is 15.3. The van der Waals surface area contributed by atoms with Gasteiger partial charge in [0, 0.05) is 6.54 Å². The van der Waals surface area contributed by atoms with Crippen molar-refractivity contribution in [2.75, 3.05) is 13.2 Å². The smallest absolute Gasteiger partial charge is 0.328 e. The molecule has 0 bridgehead atoms. The van der Waals surface area contributed by atoms with E-state index in [4.69, 9.17) is 16.3 Å². The molecule has 1 atom stereocenters. The van der Waals surface area contributed by atoms with Gasteiger partial charge in [-0.3, -0.25) is 4.79 Å². The molecular weight excluding hydrogens is 429 g/mol. The molecule has 0 N–H and O–H groups in total. The average molecular weight is 468 g/mol. The molecule has 180 valence electrons. The molecular formula is C26H39ClFNO3. The molecule has 0 aromatic heterocycles. The molecule has 1 aliphatic rings. The average Bonchev–Trinajstić information content (AvgIpc) is 3.28. The normalized spacial score (nSPS) is 15.8. The maximum atomic E-state index is 14.2. The van der Waals surface area contributed by atoms with Crippen molar-refractivity contribution in [2.45, 2.75) is 103 Å². The molecule has 32 heavy (non-hydrogen) atoms. The van der Waals surface area contributed by atoms with Gasteiger partial charge >= 0.3 is 5.97 Å². The lowest BCUT2D eigenvalue weighted by Crippen LogP contribution is -2.41. The first kappa shape index (κ1) is 26.6. The van der Waals surface area contributed by atoms with Crippen LogP contribution in [0.4, 0.5) is 4.39 Å². The number of esters is 1. The number of halogens is 2. The van der Waals surface area contributed by atoms with E-state index in [1.807, 2.05) is 0 Å². The Kier molecular flexibility index (Phi) is 12.7. The van der Waals surface area contributed by atoms with Gasteiger partial charge in [-0.25, -0.2) is 9.18 Å². The quantitative estimate of drug-likeness (QED) is 0.200. The Morgan fingerprint density at radius 2 is 1.59 bits per heavy atom. The maximum absolute atomic E-state index is 14.2. The molecule has 4 nitrogen and oxygen atoms in total. The van der Waals surface area contributed by atoms with Crippen LogP contribution in [-0.2, 0) is 9.53 Å². The van der Waals surface area contributed by atoms with Gasteiger partial charge < -0.3 is 9.64 Å². The fraction of sp³-hybridized carbons (Fsp3) is 0.692. The SMILES string of the molecule is CCCCCCCCCCCCCCOC(=O)C1CCCN1C(=O)c1cccc(Cl)c1F. The Balaban J connectivity index is 1.59.